The van der Waals surface area contributed by atoms with Crippen LogP contribution in [0.3, 0.4) is 0 Å². The second-order valence-corrected chi connectivity index (χ2v) is 3.85. The summed E-state index contributed by atoms with van der Waals surface area (Å²) in [6.07, 6.45) is -1.41. The minimum absolute atomic E-state index is 0.0609. The van der Waals surface area contributed by atoms with Gasteiger partial charge in [-0.15, -0.1) is 0 Å². The van der Waals surface area contributed by atoms with E-state index in [9.17, 15) is 20.0 Å². The Labute approximate surface area is 103 Å². The van der Waals surface area contributed by atoms with Crippen LogP contribution in [0.4, 0.5) is 11.4 Å². The Bertz CT molecular complexity index is 487. The molecule has 7 heteroatoms. The number of aryl methyl sites for hydroxylation is 1. The van der Waals surface area contributed by atoms with Crippen LogP contribution in [-0.2, 0) is 16.0 Å². The fourth-order valence-electron chi connectivity index (χ4n) is 1.56. The predicted molar refractivity (Wildman–Crippen MR) is 64.0 cm³/mol. The number of rotatable bonds is 4. The van der Waals surface area contributed by atoms with E-state index in [0.29, 0.717) is 11.1 Å². The first-order chi connectivity index (χ1) is 8.36. The topological polar surface area (TPSA) is 116 Å². The summed E-state index contributed by atoms with van der Waals surface area (Å²) in [6, 6.07) is 2.84. The van der Waals surface area contributed by atoms with Crippen LogP contribution in [0.25, 0.3) is 0 Å². The molecular formula is C11H14N2O5. The largest absolute Gasteiger partial charge is 0.467 e. The number of methoxy groups -OCH3 is 1. The summed E-state index contributed by atoms with van der Waals surface area (Å²) in [5.41, 5.74) is 6.39. The standard InChI is InChI=1S/C11H14N2O5/c1-6-3-7(5-9(14)11(15)18-2)4-8(10(6)12)13(16)17/h3-4,9,14H,5,12H2,1-2H3/t9-/m1/s1. The number of carbonyl (C=O) groups is 1. The van der Waals surface area contributed by atoms with Gasteiger partial charge in [-0.2, -0.15) is 0 Å². The van der Waals surface area contributed by atoms with Crippen LogP contribution in [-0.4, -0.2) is 29.2 Å². The van der Waals surface area contributed by atoms with Gasteiger partial charge in [-0.1, -0.05) is 6.07 Å². The van der Waals surface area contributed by atoms with E-state index in [1.165, 1.54) is 6.07 Å². The summed E-state index contributed by atoms with van der Waals surface area (Å²) in [5.74, 6) is -0.785. The molecule has 1 atom stereocenters. The maximum absolute atomic E-state index is 11.1. The highest BCUT2D eigenvalue weighted by Crippen LogP contribution is 2.27. The summed E-state index contributed by atoms with van der Waals surface area (Å²) in [6.45, 7) is 1.62. The SMILES string of the molecule is COC(=O)[C@H](O)Cc1cc(C)c(N)c([N+](=O)[O-])c1. The first kappa shape index (κ1) is 13.9. The molecule has 0 heterocycles. The molecule has 98 valence electrons. The first-order valence-corrected chi connectivity index (χ1v) is 5.16. The zero-order valence-corrected chi connectivity index (χ0v) is 10.0. The van der Waals surface area contributed by atoms with Crippen molar-refractivity contribution in [1.82, 2.24) is 0 Å². The summed E-state index contributed by atoms with van der Waals surface area (Å²) in [4.78, 5) is 21.2. The third-order valence-corrected chi connectivity index (χ3v) is 2.52. The lowest BCUT2D eigenvalue weighted by atomic mass is 10.0. The van der Waals surface area contributed by atoms with Gasteiger partial charge in [-0.25, -0.2) is 4.79 Å². The molecule has 0 bridgehead atoms. The number of nitrogens with zero attached hydrogens (tertiary/aromatic N) is 1. The lowest BCUT2D eigenvalue weighted by Gasteiger charge is -2.10. The maximum Gasteiger partial charge on any atom is 0.335 e. The molecule has 18 heavy (non-hydrogen) atoms. The molecule has 0 amide bonds. The number of nitrogen functional groups attached to an aromatic ring is 1. The Morgan fingerprint density at radius 2 is 2.22 bits per heavy atom. The van der Waals surface area contributed by atoms with Crippen molar-refractivity contribution in [3.8, 4) is 0 Å². The van der Waals surface area contributed by atoms with Gasteiger partial charge in [0.2, 0.25) is 0 Å². The quantitative estimate of drug-likeness (QED) is 0.351. The summed E-state index contributed by atoms with van der Waals surface area (Å²) < 4.78 is 4.37. The molecule has 0 aliphatic heterocycles. The van der Waals surface area contributed by atoms with Crippen LogP contribution in [0, 0.1) is 17.0 Å². The number of nitro groups is 1. The van der Waals surface area contributed by atoms with Gasteiger partial charge in [0.25, 0.3) is 5.69 Å². The Morgan fingerprint density at radius 3 is 2.72 bits per heavy atom. The zero-order chi connectivity index (χ0) is 13.9. The Hall–Kier alpha value is -2.15. The summed E-state index contributed by atoms with van der Waals surface area (Å²) in [5, 5.41) is 20.3. The van der Waals surface area contributed by atoms with Crippen molar-refractivity contribution in [2.75, 3.05) is 12.8 Å². The van der Waals surface area contributed by atoms with E-state index < -0.39 is 17.0 Å². The second kappa shape index (κ2) is 5.46. The van der Waals surface area contributed by atoms with Crippen LogP contribution in [0.5, 0.6) is 0 Å². The number of esters is 1. The highest BCUT2D eigenvalue weighted by Gasteiger charge is 2.20. The molecule has 1 aromatic rings. The molecule has 0 unspecified atom stereocenters. The monoisotopic (exact) mass is 254 g/mol. The molecule has 0 aromatic heterocycles. The molecule has 1 rings (SSSR count). The van der Waals surface area contributed by atoms with Crippen molar-refractivity contribution < 1.29 is 19.6 Å². The van der Waals surface area contributed by atoms with Crippen LogP contribution in [0.1, 0.15) is 11.1 Å². The Morgan fingerprint density at radius 1 is 1.61 bits per heavy atom. The van der Waals surface area contributed by atoms with E-state index in [0.717, 1.165) is 7.11 Å². The average Bonchev–Trinajstić information content (AvgIpc) is 2.31. The van der Waals surface area contributed by atoms with Crippen LogP contribution in [0.2, 0.25) is 0 Å². The normalized spacial score (nSPS) is 11.9. The Balaban J connectivity index is 3.04. The van der Waals surface area contributed by atoms with Crippen LogP contribution >= 0.6 is 0 Å². The number of benzene rings is 1. The van der Waals surface area contributed by atoms with Gasteiger partial charge in [-0.3, -0.25) is 10.1 Å². The van der Waals surface area contributed by atoms with E-state index in [1.807, 2.05) is 0 Å². The van der Waals surface area contributed by atoms with Crippen molar-refractivity contribution in [1.29, 1.82) is 0 Å². The van der Waals surface area contributed by atoms with E-state index >= 15 is 0 Å². The van der Waals surface area contributed by atoms with Gasteiger partial charge in [0, 0.05) is 12.5 Å². The Kier molecular flexibility index (Phi) is 4.22. The molecule has 3 N–H and O–H groups in total. The third kappa shape index (κ3) is 2.95. The van der Waals surface area contributed by atoms with Crippen molar-refractivity contribution in [3.63, 3.8) is 0 Å². The number of aliphatic hydroxyl groups is 1. The molecule has 7 nitrogen and oxygen atoms in total. The molecule has 1 aromatic carbocycles. The number of carbonyl (C=O) groups excluding carboxylic acids is 1. The van der Waals surface area contributed by atoms with Gasteiger partial charge in [0.15, 0.2) is 6.10 Å². The minimum Gasteiger partial charge on any atom is -0.467 e. The number of hydrogen-bond donors (Lipinski definition) is 2. The lowest BCUT2D eigenvalue weighted by molar-refractivity contribution is -0.384. The summed E-state index contributed by atoms with van der Waals surface area (Å²) >= 11 is 0. The summed E-state index contributed by atoms with van der Waals surface area (Å²) in [7, 11) is 1.15. The predicted octanol–water partition coefficient (Wildman–Crippen LogP) is 0.562. The molecule has 0 spiro atoms. The number of ether oxygens (including phenoxy) is 1. The molecule has 0 saturated carbocycles. The van der Waals surface area contributed by atoms with Crippen molar-refractivity contribution in [3.05, 3.63) is 33.4 Å². The molecule has 0 aliphatic rings. The van der Waals surface area contributed by atoms with E-state index in [1.54, 1.807) is 13.0 Å². The molecule has 0 aliphatic carbocycles. The van der Waals surface area contributed by atoms with Crippen molar-refractivity contribution in [2.24, 2.45) is 0 Å². The van der Waals surface area contributed by atoms with Gasteiger partial charge in [-0.05, 0) is 18.1 Å². The number of anilines is 1. The lowest BCUT2D eigenvalue weighted by Crippen LogP contribution is -2.24. The average molecular weight is 254 g/mol. The van der Waals surface area contributed by atoms with Gasteiger partial charge in [0.05, 0.1) is 12.0 Å². The number of hydrogen-bond acceptors (Lipinski definition) is 6. The fourth-order valence-corrected chi connectivity index (χ4v) is 1.56. The fraction of sp³-hybridized carbons (Fsp3) is 0.364. The second-order valence-electron chi connectivity index (χ2n) is 3.85. The first-order valence-electron chi connectivity index (χ1n) is 5.16. The highest BCUT2D eigenvalue weighted by molar-refractivity contribution is 5.75. The molecule has 0 fully saturated rings. The number of nitro benzene ring substituents is 1. The van der Waals surface area contributed by atoms with Gasteiger partial charge >= 0.3 is 5.97 Å². The molecule has 0 saturated heterocycles. The van der Waals surface area contributed by atoms with Gasteiger partial charge in [0.1, 0.15) is 5.69 Å². The van der Waals surface area contributed by atoms with Crippen molar-refractivity contribution >= 4 is 17.3 Å². The van der Waals surface area contributed by atoms with Crippen molar-refractivity contribution in [2.45, 2.75) is 19.4 Å². The smallest absolute Gasteiger partial charge is 0.335 e. The van der Waals surface area contributed by atoms with Crippen LogP contribution in [0.15, 0.2) is 12.1 Å². The van der Waals surface area contributed by atoms with E-state index in [4.69, 9.17) is 5.73 Å². The number of aliphatic hydroxyl groups excluding tert-OH is 1. The molecular weight excluding hydrogens is 240 g/mol. The third-order valence-electron chi connectivity index (χ3n) is 2.52. The van der Waals surface area contributed by atoms with Gasteiger partial charge < -0.3 is 15.6 Å². The molecule has 0 radical (unpaired) electrons. The maximum atomic E-state index is 11.1. The number of nitrogens with two attached hydrogens (primary N) is 1. The van der Waals surface area contributed by atoms with E-state index in [-0.39, 0.29) is 17.8 Å². The highest BCUT2D eigenvalue weighted by atomic mass is 16.6. The zero-order valence-electron chi connectivity index (χ0n) is 10.0. The van der Waals surface area contributed by atoms with E-state index in [2.05, 4.69) is 4.74 Å². The minimum atomic E-state index is -1.35. The van der Waals surface area contributed by atoms with Crippen LogP contribution < -0.4 is 5.73 Å².